The van der Waals surface area contributed by atoms with Gasteiger partial charge in [-0.1, -0.05) is 224 Å². The third-order valence-corrected chi connectivity index (χ3v) is 12.3. The third kappa shape index (κ3) is 46.0. The van der Waals surface area contributed by atoms with Gasteiger partial charge in [0.2, 0.25) is 0 Å². The number of esters is 2. The molecule has 0 aliphatic heterocycles. The zero-order chi connectivity index (χ0) is 43.9. The predicted molar refractivity (Wildman–Crippen MR) is 253 cm³/mol. The number of rotatable bonds is 48. The molecule has 0 saturated carbocycles. The largest absolute Gasteiger partial charge is 0.472 e. The molecule has 2 atom stereocenters. The molecule has 0 spiro atoms. The number of phosphoric ester groups is 1. The second-order valence-corrected chi connectivity index (χ2v) is 18.6. The van der Waals surface area contributed by atoms with Gasteiger partial charge in [-0.25, -0.2) is 4.57 Å². The van der Waals surface area contributed by atoms with Crippen molar-refractivity contribution in [3.63, 3.8) is 0 Å². The van der Waals surface area contributed by atoms with E-state index in [2.05, 4.69) is 38.2 Å². The zero-order valence-electron chi connectivity index (χ0n) is 39.6. The summed E-state index contributed by atoms with van der Waals surface area (Å²) in [7, 11) is -4.29. The maximum absolute atomic E-state index is 12.6. The predicted octanol–water partition coefficient (Wildman–Crippen LogP) is 16.6. The highest BCUT2D eigenvalue weighted by molar-refractivity contribution is 7.47. The van der Waals surface area contributed by atoms with E-state index in [0.29, 0.717) is 12.8 Å². The first-order valence-corrected chi connectivity index (χ1v) is 27.1. The number of carbonyl (C=O) groups is 2. The number of unbranched alkanes of at least 4 members (excludes halogenated alkanes) is 32. The van der Waals surface area contributed by atoms with Gasteiger partial charge in [0.05, 0.1) is 13.2 Å². The molecule has 0 bridgehead atoms. The fourth-order valence-corrected chi connectivity index (χ4v) is 8.24. The Morgan fingerprint density at radius 1 is 0.450 bits per heavy atom. The lowest BCUT2D eigenvalue weighted by molar-refractivity contribution is -0.161. The molecule has 0 aromatic rings. The Morgan fingerprint density at radius 3 is 1.20 bits per heavy atom. The Morgan fingerprint density at radius 2 is 0.800 bits per heavy atom. The topological polar surface area (TPSA) is 108 Å². The van der Waals surface area contributed by atoms with Crippen LogP contribution in [0.2, 0.25) is 0 Å². The molecule has 0 aliphatic carbocycles. The fourth-order valence-electron chi connectivity index (χ4n) is 7.49. The molecule has 60 heavy (non-hydrogen) atoms. The minimum absolute atomic E-state index is 0.000305. The lowest BCUT2D eigenvalue weighted by Gasteiger charge is -2.19. The van der Waals surface area contributed by atoms with Crippen molar-refractivity contribution in [3.8, 4) is 0 Å². The van der Waals surface area contributed by atoms with E-state index >= 15 is 0 Å². The van der Waals surface area contributed by atoms with E-state index in [1.165, 1.54) is 167 Å². The van der Waals surface area contributed by atoms with Gasteiger partial charge in [0.25, 0.3) is 0 Å². The first kappa shape index (κ1) is 58.5. The molecule has 1 N–H and O–H groups in total. The lowest BCUT2D eigenvalue weighted by atomic mass is 10.0. The monoisotopic (exact) mass is 869 g/mol. The molecule has 0 heterocycles. The molecule has 0 saturated heterocycles. The molecule has 8 nitrogen and oxygen atoms in total. The van der Waals surface area contributed by atoms with Crippen molar-refractivity contribution in [2.24, 2.45) is 0 Å². The zero-order valence-corrected chi connectivity index (χ0v) is 40.5. The number of phosphoric acid groups is 1. The highest BCUT2D eigenvalue weighted by atomic mass is 31.2. The van der Waals surface area contributed by atoms with E-state index in [-0.39, 0.29) is 25.6 Å². The molecule has 354 valence electrons. The maximum atomic E-state index is 12.6. The fraction of sp³-hybridized carbons (Fsp3) is 0.882. The van der Waals surface area contributed by atoms with E-state index in [0.717, 1.165) is 57.8 Å². The van der Waals surface area contributed by atoms with Crippen LogP contribution in [0.5, 0.6) is 0 Å². The van der Waals surface area contributed by atoms with Gasteiger partial charge in [0.1, 0.15) is 6.61 Å². The average molecular weight is 869 g/mol. The van der Waals surface area contributed by atoms with Crippen LogP contribution in [0.1, 0.15) is 265 Å². The molecule has 0 aromatic heterocycles. The molecule has 0 rings (SSSR count). The van der Waals surface area contributed by atoms with Crippen LogP contribution in [0.3, 0.4) is 0 Å². The minimum atomic E-state index is -4.29. The van der Waals surface area contributed by atoms with Gasteiger partial charge >= 0.3 is 19.8 Å². The Labute approximate surface area is 371 Å². The van der Waals surface area contributed by atoms with Crippen LogP contribution in [0.4, 0.5) is 0 Å². The van der Waals surface area contributed by atoms with Crippen LogP contribution < -0.4 is 0 Å². The van der Waals surface area contributed by atoms with E-state index < -0.39 is 26.5 Å². The average Bonchev–Trinajstić information content (AvgIpc) is 3.23. The highest BCUT2D eigenvalue weighted by Gasteiger charge is 2.25. The summed E-state index contributed by atoms with van der Waals surface area (Å²) in [6.07, 6.45) is 53.9. The first-order valence-electron chi connectivity index (χ1n) is 25.6. The molecule has 2 unspecified atom stereocenters. The van der Waals surface area contributed by atoms with Gasteiger partial charge in [-0.3, -0.25) is 18.6 Å². The second kappa shape index (κ2) is 47.0. The SMILES string of the molecule is CCCCCC/C=C\C/C=C\CCCCCCCC(=O)OC(COC(=O)CCCCCCCCCCCCCCCCCCCCCCCCCC)COP(=O)(O)OCC. The number of ether oxygens (including phenoxy) is 2. The van der Waals surface area contributed by atoms with Crippen LogP contribution >= 0.6 is 7.82 Å². The number of hydrogen-bond donors (Lipinski definition) is 1. The summed E-state index contributed by atoms with van der Waals surface area (Å²) in [5, 5.41) is 0. The Hall–Kier alpha value is -1.47. The van der Waals surface area contributed by atoms with Crippen LogP contribution in [0.25, 0.3) is 0 Å². The third-order valence-electron chi connectivity index (χ3n) is 11.3. The van der Waals surface area contributed by atoms with Gasteiger partial charge in [0.15, 0.2) is 6.10 Å². The highest BCUT2D eigenvalue weighted by Crippen LogP contribution is 2.43. The lowest BCUT2D eigenvalue weighted by Crippen LogP contribution is -2.29. The molecule has 0 radical (unpaired) electrons. The molecule has 0 aromatic carbocycles. The van der Waals surface area contributed by atoms with Crippen molar-refractivity contribution < 1.29 is 37.6 Å². The van der Waals surface area contributed by atoms with Crippen LogP contribution in [-0.4, -0.2) is 42.8 Å². The summed E-state index contributed by atoms with van der Waals surface area (Å²) in [5.74, 6) is -0.800. The summed E-state index contributed by atoms with van der Waals surface area (Å²) >= 11 is 0. The molecule has 9 heteroatoms. The van der Waals surface area contributed by atoms with E-state index in [9.17, 15) is 19.0 Å². The van der Waals surface area contributed by atoms with Crippen molar-refractivity contribution in [1.29, 1.82) is 0 Å². The van der Waals surface area contributed by atoms with E-state index in [1.54, 1.807) is 6.92 Å². The number of allylic oxidation sites excluding steroid dienone is 4. The Balaban J connectivity index is 3.92. The number of hydrogen-bond acceptors (Lipinski definition) is 7. The quantitative estimate of drug-likeness (QED) is 0.0279. The van der Waals surface area contributed by atoms with Gasteiger partial charge < -0.3 is 14.4 Å². The molecule has 0 aliphatic rings. The van der Waals surface area contributed by atoms with Crippen molar-refractivity contribution in [1.82, 2.24) is 0 Å². The maximum Gasteiger partial charge on any atom is 0.472 e. The molecular formula is C51H97O8P. The first-order chi connectivity index (χ1) is 29.3. The second-order valence-electron chi connectivity index (χ2n) is 17.2. The molecule has 0 fully saturated rings. The molecular weight excluding hydrogens is 772 g/mol. The number of carbonyl (C=O) groups excluding carboxylic acids is 2. The van der Waals surface area contributed by atoms with Gasteiger partial charge in [-0.2, -0.15) is 0 Å². The van der Waals surface area contributed by atoms with Crippen LogP contribution in [0, 0.1) is 0 Å². The standard InChI is InChI=1S/C51H97O8P/c1-4-7-9-11-13-15-17-19-21-23-24-25-26-27-28-29-30-32-33-35-37-39-41-43-45-50(52)56-47-49(48-58-60(54,55)57-6-3)59-51(53)46-44-42-40-38-36-34-31-22-20-18-16-14-12-10-8-5-2/h16,18,22,31,49H,4-15,17,19-21,23-30,32-48H2,1-3H3,(H,54,55)/b18-16-,31-22-. The smallest absolute Gasteiger partial charge is 0.462 e. The van der Waals surface area contributed by atoms with Crippen molar-refractivity contribution >= 4 is 19.8 Å². The van der Waals surface area contributed by atoms with Crippen molar-refractivity contribution in [2.75, 3.05) is 19.8 Å². The molecule has 0 amide bonds. The van der Waals surface area contributed by atoms with Crippen LogP contribution in [-0.2, 0) is 32.7 Å². The Kier molecular flexibility index (Phi) is 45.9. The van der Waals surface area contributed by atoms with Gasteiger partial charge in [-0.15, -0.1) is 0 Å². The van der Waals surface area contributed by atoms with E-state index in [4.69, 9.17) is 18.5 Å². The van der Waals surface area contributed by atoms with Crippen molar-refractivity contribution in [3.05, 3.63) is 24.3 Å². The normalized spacial score (nSPS) is 13.3. The van der Waals surface area contributed by atoms with E-state index in [1.807, 2.05) is 0 Å². The summed E-state index contributed by atoms with van der Waals surface area (Å²) in [5.41, 5.74) is 0. The van der Waals surface area contributed by atoms with Crippen molar-refractivity contribution in [2.45, 2.75) is 271 Å². The van der Waals surface area contributed by atoms with Gasteiger partial charge in [-0.05, 0) is 51.9 Å². The minimum Gasteiger partial charge on any atom is -0.462 e. The summed E-state index contributed by atoms with van der Waals surface area (Å²) in [6, 6.07) is 0. The summed E-state index contributed by atoms with van der Waals surface area (Å²) < 4.78 is 32.8. The van der Waals surface area contributed by atoms with Crippen LogP contribution in [0.15, 0.2) is 24.3 Å². The Bertz CT molecular complexity index is 1030. The van der Waals surface area contributed by atoms with Gasteiger partial charge in [0, 0.05) is 12.8 Å². The summed E-state index contributed by atoms with van der Waals surface area (Å²) in [4.78, 5) is 34.9. The summed E-state index contributed by atoms with van der Waals surface area (Å²) in [6.45, 7) is 5.49.